The van der Waals surface area contributed by atoms with Gasteiger partial charge in [0.05, 0.1) is 21.5 Å². The lowest BCUT2D eigenvalue weighted by Gasteiger charge is -2.28. The number of anilines is 2. The predicted octanol–water partition coefficient (Wildman–Crippen LogP) is 2.49. The van der Waals surface area contributed by atoms with E-state index in [2.05, 4.69) is 21.3 Å². The number of benzene rings is 1. The van der Waals surface area contributed by atoms with Crippen molar-refractivity contribution < 1.29 is 28.3 Å². The molecule has 1 aromatic heterocycles. The molecule has 4 N–H and O–H groups in total. The molecule has 5 amide bonds. The summed E-state index contributed by atoms with van der Waals surface area (Å²) in [6, 6.07) is 5.40. The van der Waals surface area contributed by atoms with Gasteiger partial charge in [-0.3, -0.25) is 14.4 Å². The molecule has 1 aliphatic heterocycles. The Morgan fingerprint density at radius 1 is 1.22 bits per heavy atom. The summed E-state index contributed by atoms with van der Waals surface area (Å²) < 4.78 is 20.3. The lowest BCUT2D eigenvalue weighted by atomic mass is 9.93. The maximum atomic E-state index is 14.8. The summed E-state index contributed by atoms with van der Waals surface area (Å²) in [5.41, 5.74) is 0.210. The molecule has 192 valence electrons. The SMILES string of the molecule is O=C(NC1CCC1)N[C@H](CNC(=O)c1ccc(Cl)s1)C(=O)Nc1ccc(N2CCOCC2=O)cc1F. The van der Waals surface area contributed by atoms with Gasteiger partial charge in [0, 0.05) is 24.8 Å². The van der Waals surface area contributed by atoms with Crippen molar-refractivity contribution >= 4 is 58.1 Å². The van der Waals surface area contributed by atoms with Crippen molar-refractivity contribution in [1.82, 2.24) is 16.0 Å². The monoisotopic (exact) mass is 537 g/mol. The minimum Gasteiger partial charge on any atom is -0.370 e. The number of halogens is 2. The molecule has 2 aromatic rings. The molecule has 2 fully saturated rings. The standard InChI is InChI=1S/C23H25ClFN5O5S/c24-19-7-6-18(36-19)22(33)26-11-17(29-23(34)27-13-2-1-3-13)21(32)28-16-5-4-14(10-15(16)25)30-8-9-35-12-20(30)31/h4-7,10,13,17H,1-3,8-9,11-12H2,(H,26,33)(H,28,32)(H2,27,29,34)/t17-/m1/s1. The fourth-order valence-electron chi connectivity index (χ4n) is 3.65. The molecular weight excluding hydrogens is 513 g/mol. The van der Waals surface area contributed by atoms with E-state index >= 15 is 0 Å². The molecule has 2 aliphatic rings. The van der Waals surface area contributed by atoms with Gasteiger partial charge in [-0.2, -0.15) is 0 Å². The number of amides is 5. The van der Waals surface area contributed by atoms with Crippen LogP contribution in [0.4, 0.5) is 20.6 Å². The van der Waals surface area contributed by atoms with Gasteiger partial charge in [0.25, 0.3) is 11.8 Å². The third-order valence-corrected chi connectivity index (χ3v) is 7.06. The molecular formula is C23H25ClFN5O5S. The van der Waals surface area contributed by atoms with Gasteiger partial charge in [-0.05, 0) is 49.6 Å². The maximum absolute atomic E-state index is 14.8. The smallest absolute Gasteiger partial charge is 0.315 e. The van der Waals surface area contributed by atoms with Gasteiger partial charge in [-0.1, -0.05) is 11.6 Å². The molecule has 1 aliphatic carbocycles. The normalized spacial score (nSPS) is 16.6. The van der Waals surface area contributed by atoms with E-state index in [0.29, 0.717) is 28.1 Å². The van der Waals surface area contributed by atoms with E-state index in [4.69, 9.17) is 16.3 Å². The summed E-state index contributed by atoms with van der Waals surface area (Å²) in [7, 11) is 0. The molecule has 36 heavy (non-hydrogen) atoms. The zero-order valence-corrected chi connectivity index (χ0v) is 20.7. The lowest BCUT2D eigenvalue weighted by molar-refractivity contribution is -0.125. The summed E-state index contributed by atoms with van der Waals surface area (Å²) in [5, 5.41) is 10.4. The number of thiophene rings is 1. The number of rotatable bonds is 8. The molecule has 0 bridgehead atoms. The predicted molar refractivity (Wildman–Crippen MR) is 133 cm³/mol. The summed E-state index contributed by atoms with van der Waals surface area (Å²) in [6.45, 7) is 0.312. The van der Waals surface area contributed by atoms with Crippen molar-refractivity contribution in [1.29, 1.82) is 0 Å². The highest BCUT2D eigenvalue weighted by Crippen LogP contribution is 2.24. The second-order valence-electron chi connectivity index (χ2n) is 8.36. The number of urea groups is 1. The van der Waals surface area contributed by atoms with Crippen LogP contribution in [0.1, 0.15) is 28.9 Å². The quantitative estimate of drug-likeness (QED) is 0.411. The van der Waals surface area contributed by atoms with Crippen molar-refractivity contribution in [3.05, 3.63) is 45.4 Å². The van der Waals surface area contributed by atoms with Gasteiger partial charge in [0.15, 0.2) is 0 Å². The Bertz CT molecular complexity index is 1160. The third kappa shape index (κ3) is 6.50. The topological polar surface area (TPSA) is 129 Å². The molecule has 4 rings (SSSR count). The molecule has 1 atom stereocenters. The van der Waals surface area contributed by atoms with Crippen LogP contribution in [0, 0.1) is 5.82 Å². The van der Waals surface area contributed by atoms with Crippen LogP contribution < -0.4 is 26.2 Å². The fourth-order valence-corrected chi connectivity index (χ4v) is 4.61. The number of hydrogen-bond donors (Lipinski definition) is 4. The van der Waals surface area contributed by atoms with Crippen LogP contribution >= 0.6 is 22.9 Å². The van der Waals surface area contributed by atoms with Crippen LogP contribution in [0.2, 0.25) is 4.34 Å². The number of nitrogens with one attached hydrogen (secondary N) is 4. The van der Waals surface area contributed by atoms with E-state index in [1.165, 1.54) is 17.0 Å². The molecule has 1 saturated carbocycles. The van der Waals surface area contributed by atoms with Crippen molar-refractivity contribution in [3.63, 3.8) is 0 Å². The van der Waals surface area contributed by atoms with Crippen molar-refractivity contribution in [2.75, 3.05) is 36.5 Å². The van der Waals surface area contributed by atoms with E-state index in [0.717, 1.165) is 36.7 Å². The van der Waals surface area contributed by atoms with Crippen molar-refractivity contribution in [3.8, 4) is 0 Å². The van der Waals surface area contributed by atoms with E-state index in [-0.39, 0.29) is 30.8 Å². The highest BCUT2D eigenvalue weighted by atomic mass is 35.5. The van der Waals surface area contributed by atoms with Crippen molar-refractivity contribution in [2.24, 2.45) is 0 Å². The van der Waals surface area contributed by atoms with Gasteiger partial charge in [0.2, 0.25) is 5.91 Å². The lowest BCUT2D eigenvalue weighted by Crippen LogP contribution is -2.55. The number of carbonyl (C=O) groups is 4. The minimum atomic E-state index is -1.19. The molecule has 1 saturated heterocycles. The molecule has 0 spiro atoms. The minimum absolute atomic E-state index is 0.0319. The highest BCUT2D eigenvalue weighted by Gasteiger charge is 2.27. The van der Waals surface area contributed by atoms with Gasteiger partial charge in [0.1, 0.15) is 18.5 Å². The average Bonchev–Trinajstić information content (AvgIpc) is 3.27. The summed E-state index contributed by atoms with van der Waals surface area (Å²) >= 11 is 6.95. The van der Waals surface area contributed by atoms with E-state index in [1.54, 1.807) is 12.1 Å². The second-order valence-corrected chi connectivity index (χ2v) is 10.1. The summed E-state index contributed by atoms with van der Waals surface area (Å²) in [6.07, 6.45) is 2.71. The summed E-state index contributed by atoms with van der Waals surface area (Å²) in [4.78, 5) is 51.6. The Morgan fingerprint density at radius 2 is 2.03 bits per heavy atom. The Hall–Kier alpha value is -3.22. The molecule has 1 aromatic carbocycles. The van der Waals surface area contributed by atoms with Gasteiger partial charge in [-0.15, -0.1) is 11.3 Å². The zero-order chi connectivity index (χ0) is 25.7. The Balaban J connectivity index is 1.42. The van der Waals surface area contributed by atoms with Crippen LogP contribution in [-0.4, -0.2) is 62.1 Å². The van der Waals surface area contributed by atoms with Crippen LogP contribution in [0.15, 0.2) is 30.3 Å². The number of nitrogens with zero attached hydrogens (tertiary/aromatic N) is 1. The third-order valence-electron chi connectivity index (χ3n) is 5.83. The molecule has 0 radical (unpaired) electrons. The van der Waals surface area contributed by atoms with Crippen molar-refractivity contribution in [2.45, 2.75) is 31.3 Å². The fraction of sp³-hybridized carbons (Fsp3) is 0.391. The van der Waals surface area contributed by atoms with Crippen LogP contribution in [0.5, 0.6) is 0 Å². The Kier molecular flexibility index (Phi) is 8.39. The van der Waals surface area contributed by atoms with Crippen LogP contribution in [0.3, 0.4) is 0 Å². The van der Waals surface area contributed by atoms with Gasteiger partial charge in [-0.25, -0.2) is 9.18 Å². The zero-order valence-electron chi connectivity index (χ0n) is 19.1. The number of morpholine rings is 1. The van der Waals surface area contributed by atoms with E-state index < -0.39 is 29.7 Å². The first-order chi connectivity index (χ1) is 17.3. The Morgan fingerprint density at radius 3 is 2.67 bits per heavy atom. The van der Waals surface area contributed by atoms with E-state index in [9.17, 15) is 23.6 Å². The average molecular weight is 538 g/mol. The summed E-state index contributed by atoms with van der Waals surface area (Å²) in [5.74, 6) is -2.23. The number of ether oxygens (including phenoxy) is 1. The molecule has 0 unspecified atom stereocenters. The van der Waals surface area contributed by atoms with Gasteiger partial charge >= 0.3 is 6.03 Å². The highest BCUT2D eigenvalue weighted by molar-refractivity contribution is 7.18. The molecule has 13 heteroatoms. The largest absolute Gasteiger partial charge is 0.370 e. The maximum Gasteiger partial charge on any atom is 0.315 e. The molecule has 2 heterocycles. The van der Waals surface area contributed by atoms with Gasteiger partial charge < -0.3 is 30.9 Å². The first-order valence-corrected chi connectivity index (χ1v) is 12.6. The second kappa shape index (κ2) is 11.7. The molecule has 10 nitrogen and oxygen atoms in total. The first-order valence-electron chi connectivity index (χ1n) is 11.4. The van der Waals surface area contributed by atoms with Crippen LogP contribution in [0.25, 0.3) is 0 Å². The van der Waals surface area contributed by atoms with E-state index in [1.807, 2.05) is 0 Å². The number of carbonyl (C=O) groups excluding carboxylic acids is 4. The Labute approximate surface area is 215 Å². The first kappa shape index (κ1) is 25.9. The van der Waals surface area contributed by atoms with Crippen LogP contribution in [-0.2, 0) is 14.3 Å². The number of hydrogen-bond acceptors (Lipinski definition) is 6.